The third-order valence-corrected chi connectivity index (χ3v) is 4.73. The number of nitrogens with zero attached hydrogens (tertiary/aromatic N) is 1. The Morgan fingerprint density at radius 2 is 1.42 bits per heavy atom. The van der Waals surface area contributed by atoms with Crippen molar-refractivity contribution in [1.82, 2.24) is 0 Å². The minimum absolute atomic E-state index is 0.450. The summed E-state index contributed by atoms with van der Waals surface area (Å²) in [6.45, 7) is 0. The fourth-order valence-corrected chi connectivity index (χ4v) is 2.94. The zero-order valence-electron chi connectivity index (χ0n) is 18.8. The highest BCUT2D eigenvalue weighted by atomic mass is 35.5. The number of carbonyl (C=O) groups is 1. The molecular weight excluding hydrogens is 442 g/mol. The van der Waals surface area contributed by atoms with Crippen LogP contribution in [0.25, 0.3) is 11.6 Å². The first-order chi connectivity index (χ1) is 15.9. The van der Waals surface area contributed by atoms with E-state index in [1.54, 1.807) is 57.7 Å². The van der Waals surface area contributed by atoms with E-state index in [1.165, 1.54) is 7.11 Å². The minimum atomic E-state index is -0.469. The molecule has 0 amide bonds. The lowest BCUT2D eigenvalue weighted by Crippen LogP contribution is -1.92. The first-order valence-corrected chi connectivity index (χ1v) is 10.2. The Kier molecular flexibility index (Phi) is 9.81. The molecule has 0 aliphatic heterocycles. The molecule has 7 heteroatoms. The lowest BCUT2D eigenvalue weighted by Gasteiger charge is -2.09. The summed E-state index contributed by atoms with van der Waals surface area (Å²) in [6, 6.07) is 21.8. The van der Waals surface area contributed by atoms with Crippen LogP contribution in [0.4, 0.5) is 0 Å². The monoisotopic (exact) mass is 465 g/mol. The Morgan fingerprint density at radius 3 is 2.00 bits per heavy atom. The molecule has 0 aliphatic rings. The molecule has 0 saturated carbocycles. The van der Waals surface area contributed by atoms with E-state index in [4.69, 9.17) is 30.5 Å². The van der Waals surface area contributed by atoms with Gasteiger partial charge >= 0.3 is 0 Å². The van der Waals surface area contributed by atoms with Gasteiger partial charge in [0.25, 0.3) is 5.24 Å². The summed E-state index contributed by atoms with van der Waals surface area (Å²) in [5.74, 6) is 2.60. The van der Waals surface area contributed by atoms with Gasteiger partial charge in [0.05, 0.1) is 40.1 Å². The van der Waals surface area contributed by atoms with Crippen molar-refractivity contribution in [3.63, 3.8) is 0 Å². The highest BCUT2D eigenvalue weighted by Gasteiger charge is 2.08. The SMILES string of the molecule is COc1cccc(C(=O)Cl)c1.COc1cccc(C=C(C#N)c2ccc(OC)c(OC)c2)c1. The Bertz CT molecular complexity index is 1170. The van der Waals surface area contributed by atoms with Crippen LogP contribution in [-0.2, 0) is 0 Å². The van der Waals surface area contributed by atoms with Gasteiger partial charge in [-0.2, -0.15) is 5.26 Å². The van der Waals surface area contributed by atoms with E-state index in [9.17, 15) is 10.1 Å². The summed E-state index contributed by atoms with van der Waals surface area (Å²) < 4.78 is 20.6. The smallest absolute Gasteiger partial charge is 0.252 e. The predicted octanol–water partition coefficient (Wildman–Crippen LogP) is 5.85. The molecule has 6 nitrogen and oxygen atoms in total. The summed E-state index contributed by atoms with van der Waals surface area (Å²) in [6.07, 6.45) is 1.81. The molecule has 0 aliphatic carbocycles. The number of benzene rings is 3. The molecule has 0 radical (unpaired) electrons. The predicted molar refractivity (Wildman–Crippen MR) is 129 cm³/mol. The van der Waals surface area contributed by atoms with Crippen molar-refractivity contribution in [1.29, 1.82) is 5.26 Å². The van der Waals surface area contributed by atoms with Gasteiger partial charge in [-0.15, -0.1) is 0 Å². The van der Waals surface area contributed by atoms with Gasteiger partial charge in [-0.3, -0.25) is 4.79 Å². The number of rotatable bonds is 7. The van der Waals surface area contributed by atoms with Crippen LogP contribution in [0, 0.1) is 11.3 Å². The van der Waals surface area contributed by atoms with Crippen molar-refractivity contribution in [2.75, 3.05) is 28.4 Å². The van der Waals surface area contributed by atoms with Crippen molar-refractivity contribution >= 4 is 28.5 Å². The molecule has 0 saturated heterocycles. The maximum absolute atomic E-state index is 10.6. The first-order valence-electron chi connectivity index (χ1n) is 9.77. The number of nitriles is 1. The van der Waals surface area contributed by atoms with Gasteiger partial charge < -0.3 is 18.9 Å². The molecule has 3 aromatic carbocycles. The summed E-state index contributed by atoms with van der Waals surface area (Å²) in [5, 5.41) is 8.97. The molecule has 170 valence electrons. The normalized spacial score (nSPS) is 10.2. The average molecular weight is 466 g/mol. The number of hydrogen-bond acceptors (Lipinski definition) is 6. The molecule has 0 atom stereocenters. The molecule has 0 heterocycles. The van der Waals surface area contributed by atoms with E-state index in [1.807, 2.05) is 36.4 Å². The molecule has 0 N–H and O–H groups in total. The molecule has 0 aromatic heterocycles. The third-order valence-electron chi connectivity index (χ3n) is 4.52. The van der Waals surface area contributed by atoms with Gasteiger partial charge in [0, 0.05) is 5.56 Å². The number of methoxy groups -OCH3 is 4. The van der Waals surface area contributed by atoms with Crippen LogP contribution in [0.3, 0.4) is 0 Å². The molecule has 33 heavy (non-hydrogen) atoms. The van der Waals surface area contributed by atoms with Crippen molar-refractivity contribution < 1.29 is 23.7 Å². The Hall–Kier alpha value is -3.95. The van der Waals surface area contributed by atoms with Gasteiger partial charge in [0.15, 0.2) is 11.5 Å². The van der Waals surface area contributed by atoms with E-state index < -0.39 is 5.24 Å². The van der Waals surface area contributed by atoms with Crippen molar-refractivity contribution in [2.45, 2.75) is 0 Å². The largest absolute Gasteiger partial charge is 0.497 e. The fraction of sp³-hybridized carbons (Fsp3) is 0.154. The van der Waals surface area contributed by atoms with Crippen LogP contribution in [0.2, 0.25) is 0 Å². The molecule has 0 unspecified atom stereocenters. The van der Waals surface area contributed by atoms with E-state index in [-0.39, 0.29) is 0 Å². The van der Waals surface area contributed by atoms with Gasteiger partial charge in [-0.1, -0.05) is 18.2 Å². The van der Waals surface area contributed by atoms with Gasteiger partial charge in [-0.25, -0.2) is 0 Å². The Balaban J connectivity index is 0.000000294. The second-order valence-electron chi connectivity index (χ2n) is 6.52. The van der Waals surface area contributed by atoms with Gasteiger partial charge in [0.1, 0.15) is 11.5 Å². The lowest BCUT2D eigenvalue weighted by atomic mass is 10.0. The van der Waals surface area contributed by atoms with Gasteiger partial charge in [0.2, 0.25) is 0 Å². The third kappa shape index (κ3) is 7.30. The molecule has 3 rings (SSSR count). The maximum Gasteiger partial charge on any atom is 0.252 e. The Morgan fingerprint density at radius 1 is 0.788 bits per heavy atom. The molecule has 0 spiro atoms. The van der Waals surface area contributed by atoms with Crippen molar-refractivity contribution in [3.8, 4) is 29.1 Å². The van der Waals surface area contributed by atoms with Crippen molar-refractivity contribution in [3.05, 3.63) is 83.4 Å². The van der Waals surface area contributed by atoms with E-state index >= 15 is 0 Å². The molecule has 0 fully saturated rings. The molecular formula is C26H24ClNO5. The average Bonchev–Trinajstić information content (AvgIpc) is 2.87. The van der Waals surface area contributed by atoms with Crippen LogP contribution in [0.5, 0.6) is 23.0 Å². The Labute approximate surface area is 198 Å². The quantitative estimate of drug-likeness (QED) is 0.247. The van der Waals surface area contributed by atoms with Crippen molar-refractivity contribution in [2.24, 2.45) is 0 Å². The maximum atomic E-state index is 10.6. The number of carbonyl (C=O) groups excluding carboxylic acids is 1. The standard InChI is InChI=1S/C18H17NO3.C8H7ClO2/c1-20-16-6-4-5-13(10-16)9-15(12-19)14-7-8-17(21-2)18(11-14)22-3;1-11-7-4-2-3-6(5-7)8(9)10/h4-11H,1-3H3;2-5H,1H3. The number of hydrogen-bond donors (Lipinski definition) is 0. The molecule has 3 aromatic rings. The highest BCUT2D eigenvalue weighted by Crippen LogP contribution is 2.31. The fourth-order valence-electron chi connectivity index (χ4n) is 2.83. The van der Waals surface area contributed by atoms with Gasteiger partial charge in [-0.05, 0) is 77.3 Å². The lowest BCUT2D eigenvalue weighted by molar-refractivity contribution is 0.108. The minimum Gasteiger partial charge on any atom is -0.497 e. The highest BCUT2D eigenvalue weighted by molar-refractivity contribution is 6.67. The summed E-state index contributed by atoms with van der Waals surface area (Å²) >= 11 is 5.24. The van der Waals surface area contributed by atoms with Crippen LogP contribution < -0.4 is 18.9 Å². The second kappa shape index (κ2) is 12.8. The summed E-state index contributed by atoms with van der Waals surface area (Å²) in [7, 11) is 6.30. The van der Waals surface area contributed by atoms with E-state index in [0.29, 0.717) is 28.4 Å². The number of ether oxygens (including phenoxy) is 4. The van der Waals surface area contributed by atoms with Crippen LogP contribution in [0.15, 0.2) is 66.7 Å². The molecule has 0 bridgehead atoms. The zero-order valence-corrected chi connectivity index (χ0v) is 19.6. The zero-order chi connectivity index (χ0) is 24.2. The summed E-state index contributed by atoms with van der Waals surface area (Å²) in [5.41, 5.74) is 2.65. The number of halogens is 1. The van der Waals surface area contributed by atoms with E-state index in [2.05, 4.69) is 6.07 Å². The van der Waals surface area contributed by atoms with Crippen LogP contribution in [-0.4, -0.2) is 33.7 Å². The first kappa shape index (κ1) is 25.3. The second-order valence-corrected chi connectivity index (χ2v) is 6.87. The van der Waals surface area contributed by atoms with Crippen LogP contribution >= 0.6 is 11.6 Å². The van der Waals surface area contributed by atoms with Crippen LogP contribution in [0.1, 0.15) is 21.5 Å². The summed E-state index contributed by atoms with van der Waals surface area (Å²) in [4.78, 5) is 10.6. The number of allylic oxidation sites excluding steroid dienone is 1. The van der Waals surface area contributed by atoms with E-state index in [0.717, 1.165) is 16.9 Å². The topological polar surface area (TPSA) is 77.8 Å².